The Kier molecular flexibility index (Phi) is 14.7. The molecule has 0 spiro atoms. The molecular formula is C5H17O12P3. The minimum absolute atomic E-state index is 1.32. The van der Waals surface area contributed by atoms with E-state index >= 15 is 0 Å². The van der Waals surface area contributed by atoms with Gasteiger partial charge < -0.3 is 44.0 Å². The summed E-state index contributed by atoms with van der Waals surface area (Å²) in [5.41, 5.74) is 0. The van der Waals surface area contributed by atoms with Crippen molar-refractivity contribution in [3.05, 3.63) is 12.2 Å². The zero-order valence-corrected chi connectivity index (χ0v) is 12.6. The molecule has 0 amide bonds. The molecular weight excluding hydrogens is 345 g/mol. The Morgan fingerprint density at radius 1 is 0.550 bits per heavy atom. The Bertz CT molecular complexity index is 308. The summed E-state index contributed by atoms with van der Waals surface area (Å²) in [5.74, 6) is 0. The third-order valence-corrected chi connectivity index (χ3v) is 0.908. The van der Waals surface area contributed by atoms with Gasteiger partial charge in [-0.1, -0.05) is 12.2 Å². The van der Waals surface area contributed by atoms with Crippen molar-refractivity contribution in [1.82, 2.24) is 0 Å². The lowest BCUT2D eigenvalue weighted by molar-refractivity contribution is 0.272. The van der Waals surface area contributed by atoms with Gasteiger partial charge >= 0.3 is 23.5 Å². The summed E-state index contributed by atoms with van der Waals surface area (Å²) in [5, 5.41) is 0. The van der Waals surface area contributed by atoms with Crippen LogP contribution in [0.1, 0.15) is 19.3 Å². The van der Waals surface area contributed by atoms with Crippen LogP contribution in [0.4, 0.5) is 0 Å². The fourth-order valence-corrected chi connectivity index (χ4v) is 0.589. The molecule has 1 aliphatic rings. The monoisotopic (exact) mass is 362 g/mol. The highest BCUT2D eigenvalue weighted by molar-refractivity contribution is 7.45. The summed E-state index contributed by atoms with van der Waals surface area (Å²) in [7, 11) is -13.9. The summed E-state index contributed by atoms with van der Waals surface area (Å²) >= 11 is 0. The maximum absolute atomic E-state index is 8.88. The second-order valence-corrected chi connectivity index (χ2v) is 6.02. The molecule has 0 aromatic carbocycles. The molecule has 124 valence electrons. The van der Waals surface area contributed by atoms with E-state index in [4.69, 9.17) is 57.7 Å². The van der Waals surface area contributed by atoms with Crippen LogP contribution in [-0.2, 0) is 13.7 Å². The Hall–Kier alpha value is 0.0700. The number of allylic oxidation sites excluding steroid dienone is 2. The topological polar surface area (TPSA) is 233 Å². The number of hydrogen-bond donors (Lipinski definition) is 9. The van der Waals surface area contributed by atoms with Gasteiger partial charge in [-0.15, -0.1) is 0 Å². The maximum Gasteiger partial charge on any atom is 0.466 e. The molecule has 0 bridgehead atoms. The van der Waals surface area contributed by atoms with Crippen molar-refractivity contribution in [3.8, 4) is 0 Å². The van der Waals surface area contributed by atoms with Gasteiger partial charge in [0.05, 0.1) is 0 Å². The molecule has 0 atom stereocenters. The van der Waals surface area contributed by atoms with Gasteiger partial charge in [-0.2, -0.15) is 0 Å². The van der Waals surface area contributed by atoms with Crippen LogP contribution >= 0.6 is 23.5 Å². The fraction of sp³-hybridized carbons (Fsp3) is 0.600. The van der Waals surface area contributed by atoms with E-state index < -0.39 is 23.5 Å². The summed E-state index contributed by atoms with van der Waals surface area (Å²) in [4.78, 5) is 64.7. The molecule has 15 heteroatoms. The van der Waals surface area contributed by atoms with E-state index in [2.05, 4.69) is 12.2 Å². The van der Waals surface area contributed by atoms with Crippen molar-refractivity contribution >= 4 is 23.5 Å². The van der Waals surface area contributed by atoms with Gasteiger partial charge in [0, 0.05) is 0 Å². The number of phosphoric acid groups is 3. The SMILES string of the molecule is C1=CCCC1.O=P(O)(O)O.O=P(O)(O)O.O=P(O)(O)O. The fourth-order valence-electron chi connectivity index (χ4n) is 0.589. The molecule has 0 heterocycles. The minimum Gasteiger partial charge on any atom is -0.303 e. The average molecular weight is 362 g/mol. The first-order valence-corrected chi connectivity index (χ1v) is 9.19. The van der Waals surface area contributed by atoms with E-state index in [9.17, 15) is 0 Å². The molecule has 0 aliphatic heterocycles. The zero-order chi connectivity index (χ0) is 17.0. The van der Waals surface area contributed by atoms with Crippen LogP contribution < -0.4 is 0 Å². The van der Waals surface area contributed by atoms with Crippen molar-refractivity contribution < 1.29 is 57.7 Å². The van der Waals surface area contributed by atoms with E-state index in [1.807, 2.05) is 0 Å². The molecule has 1 aliphatic carbocycles. The molecule has 0 aromatic rings. The molecule has 9 N–H and O–H groups in total. The lowest BCUT2D eigenvalue weighted by atomic mass is 10.4. The summed E-state index contributed by atoms with van der Waals surface area (Å²) in [6, 6.07) is 0. The predicted octanol–water partition coefficient (Wildman–Crippen LogP) is -1.06. The van der Waals surface area contributed by atoms with Gasteiger partial charge in [-0.3, -0.25) is 0 Å². The first kappa shape index (κ1) is 25.0. The van der Waals surface area contributed by atoms with Crippen LogP contribution in [0.5, 0.6) is 0 Å². The lowest BCUT2D eigenvalue weighted by Gasteiger charge is -1.82. The standard InChI is InChI=1S/C5H8.3H3O4P/c1-2-4-5-3-1;3*1-5(2,3)4/h1-2H,3-5H2;3*(H3,1,2,3,4). The van der Waals surface area contributed by atoms with Gasteiger partial charge in [0.15, 0.2) is 0 Å². The van der Waals surface area contributed by atoms with E-state index in [-0.39, 0.29) is 0 Å². The molecule has 0 aromatic heterocycles. The Morgan fingerprint density at radius 2 is 0.700 bits per heavy atom. The summed E-state index contributed by atoms with van der Waals surface area (Å²) in [6.07, 6.45) is 8.50. The second kappa shape index (κ2) is 11.7. The Morgan fingerprint density at radius 3 is 0.750 bits per heavy atom. The molecule has 0 radical (unpaired) electrons. The highest BCUT2D eigenvalue weighted by Gasteiger charge is 2.01. The van der Waals surface area contributed by atoms with Crippen molar-refractivity contribution in [2.45, 2.75) is 19.3 Å². The minimum atomic E-state index is -4.64. The molecule has 0 saturated heterocycles. The highest BCUT2D eigenvalue weighted by Crippen LogP contribution is 2.26. The lowest BCUT2D eigenvalue weighted by Crippen LogP contribution is -1.66. The van der Waals surface area contributed by atoms with Crippen LogP contribution in [-0.4, -0.2) is 44.0 Å². The van der Waals surface area contributed by atoms with Gasteiger partial charge in [-0.25, -0.2) is 13.7 Å². The predicted molar refractivity (Wildman–Crippen MR) is 65.8 cm³/mol. The largest absolute Gasteiger partial charge is 0.466 e. The smallest absolute Gasteiger partial charge is 0.303 e. The summed E-state index contributed by atoms with van der Waals surface area (Å²) in [6.45, 7) is 0. The van der Waals surface area contributed by atoms with Crippen LogP contribution in [0.15, 0.2) is 12.2 Å². The highest BCUT2D eigenvalue weighted by atomic mass is 31.2. The average Bonchev–Trinajstić information content (AvgIpc) is 2.45. The van der Waals surface area contributed by atoms with E-state index in [0.29, 0.717) is 0 Å². The third-order valence-electron chi connectivity index (χ3n) is 0.908. The van der Waals surface area contributed by atoms with E-state index in [1.165, 1.54) is 19.3 Å². The molecule has 1 rings (SSSR count). The Labute approximate surface area is 113 Å². The van der Waals surface area contributed by atoms with Gasteiger partial charge in [0.2, 0.25) is 0 Å². The van der Waals surface area contributed by atoms with E-state index in [0.717, 1.165) is 0 Å². The van der Waals surface area contributed by atoms with E-state index in [1.54, 1.807) is 0 Å². The van der Waals surface area contributed by atoms with Gasteiger partial charge in [0.1, 0.15) is 0 Å². The van der Waals surface area contributed by atoms with Crippen molar-refractivity contribution in [1.29, 1.82) is 0 Å². The Balaban J connectivity index is -0.000000193. The van der Waals surface area contributed by atoms with Gasteiger partial charge in [0.25, 0.3) is 0 Å². The third kappa shape index (κ3) is 205. The number of rotatable bonds is 0. The summed E-state index contributed by atoms with van der Waals surface area (Å²) < 4.78 is 26.6. The zero-order valence-electron chi connectivity index (χ0n) is 9.87. The van der Waals surface area contributed by atoms with Crippen molar-refractivity contribution in [2.75, 3.05) is 0 Å². The van der Waals surface area contributed by atoms with Gasteiger partial charge in [-0.05, 0) is 19.3 Å². The van der Waals surface area contributed by atoms with Crippen molar-refractivity contribution in [2.24, 2.45) is 0 Å². The normalized spacial score (nSPS) is 14.1. The maximum atomic E-state index is 8.88. The quantitative estimate of drug-likeness (QED) is 0.185. The second-order valence-electron chi connectivity index (χ2n) is 2.94. The van der Waals surface area contributed by atoms with Crippen LogP contribution in [0.3, 0.4) is 0 Å². The van der Waals surface area contributed by atoms with Crippen LogP contribution in [0, 0.1) is 0 Å². The molecule has 0 unspecified atom stereocenters. The van der Waals surface area contributed by atoms with Crippen molar-refractivity contribution in [3.63, 3.8) is 0 Å². The molecule has 20 heavy (non-hydrogen) atoms. The molecule has 0 fully saturated rings. The van der Waals surface area contributed by atoms with Crippen LogP contribution in [0.2, 0.25) is 0 Å². The molecule has 0 saturated carbocycles. The first-order chi connectivity index (χ1) is 8.50. The molecule has 12 nitrogen and oxygen atoms in total. The first-order valence-electron chi connectivity index (χ1n) is 4.50. The number of hydrogen-bond acceptors (Lipinski definition) is 3. The van der Waals surface area contributed by atoms with Crippen LogP contribution in [0.25, 0.3) is 0 Å².